The van der Waals surface area contributed by atoms with Crippen molar-refractivity contribution >= 4 is 40.4 Å². The first kappa shape index (κ1) is 22.0. The van der Waals surface area contributed by atoms with Crippen molar-refractivity contribution in [3.05, 3.63) is 95.4 Å². The highest BCUT2D eigenvalue weighted by Crippen LogP contribution is 2.34. The number of carbonyl (C=O) groups is 3. The van der Waals surface area contributed by atoms with Crippen LogP contribution in [0.25, 0.3) is 5.57 Å². The van der Waals surface area contributed by atoms with Crippen molar-refractivity contribution in [2.75, 3.05) is 15.5 Å². The van der Waals surface area contributed by atoms with Crippen LogP contribution < -0.4 is 15.5 Å². The van der Waals surface area contributed by atoms with Crippen LogP contribution in [0.5, 0.6) is 0 Å². The van der Waals surface area contributed by atoms with E-state index in [1.54, 1.807) is 36.4 Å². The molecule has 3 amide bonds. The van der Waals surface area contributed by atoms with E-state index in [1.807, 2.05) is 19.1 Å². The lowest BCUT2D eigenvalue weighted by Crippen LogP contribution is -2.32. The molecule has 6 nitrogen and oxygen atoms in total. The van der Waals surface area contributed by atoms with E-state index in [2.05, 4.69) is 10.6 Å². The number of carbonyl (C=O) groups excluding carboxylic acids is 3. The maximum absolute atomic E-state index is 13.5. The molecule has 166 valence electrons. The fourth-order valence-electron chi connectivity index (χ4n) is 3.63. The molecule has 1 aliphatic heterocycles. The van der Waals surface area contributed by atoms with E-state index in [4.69, 9.17) is 0 Å². The first-order valence-electron chi connectivity index (χ1n) is 10.5. The minimum atomic E-state index is -0.505. The Labute approximate surface area is 190 Å². The number of halogens is 1. The Balaban J connectivity index is 1.73. The van der Waals surface area contributed by atoms with Gasteiger partial charge in [0.1, 0.15) is 11.5 Å². The lowest BCUT2D eigenvalue weighted by molar-refractivity contribution is -0.120. The fourth-order valence-corrected chi connectivity index (χ4v) is 3.63. The van der Waals surface area contributed by atoms with E-state index < -0.39 is 17.6 Å². The summed E-state index contributed by atoms with van der Waals surface area (Å²) in [5.74, 6) is -1.63. The predicted molar refractivity (Wildman–Crippen MR) is 126 cm³/mol. The SMILES string of the molecule is CCc1ccc(N2C(=O)C(Nc3ccc(NC(C)=O)cc3)=C(c3ccc(F)cc3)C2=O)cc1. The average Bonchev–Trinajstić information content (AvgIpc) is 3.05. The van der Waals surface area contributed by atoms with Crippen molar-refractivity contribution in [1.29, 1.82) is 0 Å². The molecule has 0 aliphatic carbocycles. The fraction of sp³-hybridized carbons (Fsp3) is 0.115. The van der Waals surface area contributed by atoms with Gasteiger partial charge in [0.2, 0.25) is 5.91 Å². The number of nitrogens with zero attached hydrogens (tertiary/aromatic N) is 1. The summed E-state index contributed by atoms with van der Waals surface area (Å²) in [7, 11) is 0. The third kappa shape index (κ3) is 4.52. The van der Waals surface area contributed by atoms with Gasteiger partial charge in [-0.2, -0.15) is 0 Å². The second-order valence-corrected chi connectivity index (χ2v) is 7.61. The third-order valence-corrected chi connectivity index (χ3v) is 5.29. The van der Waals surface area contributed by atoms with E-state index in [0.29, 0.717) is 22.6 Å². The molecular formula is C26H22FN3O3. The van der Waals surface area contributed by atoms with Gasteiger partial charge in [-0.25, -0.2) is 9.29 Å². The molecule has 2 N–H and O–H groups in total. The highest BCUT2D eigenvalue weighted by Gasteiger charge is 2.40. The van der Waals surface area contributed by atoms with Crippen LogP contribution >= 0.6 is 0 Å². The van der Waals surface area contributed by atoms with Gasteiger partial charge in [0, 0.05) is 18.3 Å². The Hall–Kier alpha value is -4.26. The number of amides is 3. The first-order valence-corrected chi connectivity index (χ1v) is 10.5. The van der Waals surface area contributed by atoms with Gasteiger partial charge in [-0.15, -0.1) is 0 Å². The van der Waals surface area contributed by atoms with Gasteiger partial charge in [-0.3, -0.25) is 14.4 Å². The molecule has 0 saturated heterocycles. The van der Waals surface area contributed by atoms with E-state index in [0.717, 1.165) is 16.9 Å². The summed E-state index contributed by atoms with van der Waals surface area (Å²) < 4.78 is 13.5. The maximum Gasteiger partial charge on any atom is 0.282 e. The summed E-state index contributed by atoms with van der Waals surface area (Å²) in [6.07, 6.45) is 0.836. The van der Waals surface area contributed by atoms with Crippen LogP contribution in [-0.2, 0) is 20.8 Å². The van der Waals surface area contributed by atoms with E-state index in [9.17, 15) is 18.8 Å². The van der Waals surface area contributed by atoms with Gasteiger partial charge in [0.15, 0.2) is 0 Å². The number of hydrogen-bond acceptors (Lipinski definition) is 4. The van der Waals surface area contributed by atoms with Gasteiger partial charge in [-0.05, 0) is 66.1 Å². The summed E-state index contributed by atoms with van der Waals surface area (Å²) in [6.45, 7) is 3.44. The Morgan fingerprint density at radius 1 is 0.848 bits per heavy atom. The van der Waals surface area contributed by atoms with Crippen LogP contribution in [0, 0.1) is 5.82 Å². The molecule has 3 aromatic rings. The molecule has 7 heteroatoms. The molecule has 0 aromatic heterocycles. The van der Waals surface area contributed by atoms with Crippen LogP contribution in [0.4, 0.5) is 21.5 Å². The summed E-state index contributed by atoms with van der Waals surface area (Å²) in [5.41, 5.74) is 3.39. The van der Waals surface area contributed by atoms with E-state index in [-0.39, 0.29) is 17.2 Å². The molecule has 0 bridgehead atoms. The quantitative estimate of drug-likeness (QED) is 0.540. The Kier molecular flexibility index (Phi) is 6.04. The Morgan fingerprint density at radius 2 is 1.45 bits per heavy atom. The second-order valence-electron chi connectivity index (χ2n) is 7.61. The smallest absolute Gasteiger partial charge is 0.282 e. The molecule has 0 atom stereocenters. The monoisotopic (exact) mass is 443 g/mol. The van der Waals surface area contributed by atoms with Gasteiger partial charge in [-0.1, -0.05) is 31.2 Å². The predicted octanol–water partition coefficient (Wildman–Crippen LogP) is 4.74. The zero-order valence-electron chi connectivity index (χ0n) is 18.2. The zero-order chi connectivity index (χ0) is 23.5. The van der Waals surface area contributed by atoms with Crippen molar-refractivity contribution in [2.45, 2.75) is 20.3 Å². The highest BCUT2D eigenvalue weighted by atomic mass is 19.1. The van der Waals surface area contributed by atoms with Crippen LogP contribution in [0.2, 0.25) is 0 Å². The van der Waals surface area contributed by atoms with E-state index in [1.165, 1.54) is 31.2 Å². The molecule has 1 heterocycles. The molecular weight excluding hydrogens is 421 g/mol. The lowest BCUT2D eigenvalue weighted by atomic mass is 10.0. The molecule has 0 fully saturated rings. The topological polar surface area (TPSA) is 78.5 Å². The summed E-state index contributed by atoms with van der Waals surface area (Å²) in [5, 5.41) is 5.72. The number of hydrogen-bond donors (Lipinski definition) is 2. The van der Waals surface area contributed by atoms with Crippen molar-refractivity contribution in [3.63, 3.8) is 0 Å². The third-order valence-electron chi connectivity index (χ3n) is 5.29. The van der Waals surface area contributed by atoms with Crippen LogP contribution in [0.3, 0.4) is 0 Å². The minimum Gasteiger partial charge on any atom is -0.350 e. The highest BCUT2D eigenvalue weighted by molar-refractivity contribution is 6.46. The number of aryl methyl sites for hydroxylation is 1. The van der Waals surface area contributed by atoms with Crippen LogP contribution in [-0.4, -0.2) is 17.7 Å². The largest absolute Gasteiger partial charge is 0.350 e. The van der Waals surface area contributed by atoms with Crippen molar-refractivity contribution < 1.29 is 18.8 Å². The van der Waals surface area contributed by atoms with Crippen molar-refractivity contribution in [1.82, 2.24) is 0 Å². The average molecular weight is 443 g/mol. The molecule has 0 saturated carbocycles. The van der Waals surface area contributed by atoms with Crippen LogP contribution in [0.1, 0.15) is 25.0 Å². The maximum atomic E-state index is 13.5. The standard InChI is InChI=1S/C26H22FN3O3/c1-3-17-4-14-22(15-5-17)30-25(32)23(18-6-8-19(27)9-7-18)24(26(30)33)29-21-12-10-20(11-13-21)28-16(2)31/h4-15,29H,3H2,1-2H3,(H,28,31). The first-order chi connectivity index (χ1) is 15.9. The number of benzene rings is 3. The second kappa shape index (κ2) is 9.08. The van der Waals surface area contributed by atoms with Gasteiger partial charge >= 0.3 is 0 Å². The van der Waals surface area contributed by atoms with Gasteiger partial charge in [0.05, 0.1) is 11.3 Å². The van der Waals surface area contributed by atoms with Crippen molar-refractivity contribution in [2.24, 2.45) is 0 Å². The molecule has 1 aliphatic rings. The zero-order valence-corrected chi connectivity index (χ0v) is 18.2. The van der Waals surface area contributed by atoms with Crippen molar-refractivity contribution in [3.8, 4) is 0 Å². The Bertz CT molecular complexity index is 1250. The number of anilines is 3. The van der Waals surface area contributed by atoms with Crippen LogP contribution in [0.15, 0.2) is 78.5 Å². The molecule has 0 spiro atoms. The molecule has 0 unspecified atom stereocenters. The minimum absolute atomic E-state index is 0.0958. The molecule has 4 rings (SSSR count). The summed E-state index contributed by atoms with van der Waals surface area (Å²) in [6, 6.07) is 19.4. The summed E-state index contributed by atoms with van der Waals surface area (Å²) in [4.78, 5) is 39.1. The number of nitrogens with one attached hydrogen (secondary N) is 2. The van der Waals surface area contributed by atoms with Gasteiger partial charge < -0.3 is 10.6 Å². The molecule has 33 heavy (non-hydrogen) atoms. The van der Waals surface area contributed by atoms with Gasteiger partial charge in [0.25, 0.3) is 11.8 Å². The normalized spacial score (nSPS) is 13.5. The molecule has 3 aromatic carbocycles. The number of rotatable bonds is 6. The lowest BCUT2D eigenvalue weighted by Gasteiger charge is -2.16. The summed E-state index contributed by atoms with van der Waals surface area (Å²) >= 11 is 0. The molecule has 0 radical (unpaired) electrons. The Morgan fingerprint density at radius 3 is 2.03 bits per heavy atom. The van der Waals surface area contributed by atoms with E-state index >= 15 is 0 Å². The number of imide groups is 1.